The molecule has 0 aliphatic heterocycles. The van der Waals surface area contributed by atoms with Crippen LogP contribution in [-0.4, -0.2) is 13.7 Å². The number of rotatable bonds is 2. The van der Waals surface area contributed by atoms with Crippen molar-refractivity contribution < 1.29 is 4.74 Å². The van der Waals surface area contributed by atoms with Crippen LogP contribution in [0.5, 0.6) is 5.75 Å². The predicted molar refractivity (Wildman–Crippen MR) is 57.6 cm³/mol. The molecule has 0 radical (unpaired) electrons. The molecule has 0 heterocycles. The predicted octanol–water partition coefficient (Wildman–Crippen LogP) is 1.76. The van der Waals surface area contributed by atoms with Crippen LogP contribution in [0.3, 0.4) is 0 Å². The lowest BCUT2D eigenvalue weighted by molar-refractivity contribution is 0.353. The van der Waals surface area contributed by atoms with E-state index in [1.54, 1.807) is 7.11 Å². The van der Waals surface area contributed by atoms with Gasteiger partial charge in [-0.25, -0.2) is 0 Å². The standard InChI is InChI=1S/C12H17NO/c1-12(8-13)6-9-4-3-5-11(14-2)10(9)7-12/h3-5H,6-8,13H2,1-2H3. The molecule has 0 saturated heterocycles. The fraction of sp³-hybridized carbons (Fsp3) is 0.500. The van der Waals surface area contributed by atoms with Gasteiger partial charge in [-0.1, -0.05) is 19.1 Å². The maximum atomic E-state index is 5.80. The molecule has 1 unspecified atom stereocenters. The second-order valence-corrected chi connectivity index (χ2v) is 4.47. The van der Waals surface area contributed by atoms with Crippen LogP contribution in [0.2, 0.25) is 0 Å². The first-order valence-electron chi connectivity index (χ1n) is 5.03. The quantitative estimate of drug-likeness (QED) is 0.773. The molecule has 76 valence electrons. The average molecular weight is 191 g/mol. The van der Waals surface area contributed by atoms with Crippen LogP contribution in [-0.2, 0) is 12.8 Å². The van der Waals surface area contributed by atoms with Gasteiger partial charge in [-0.15, -0.1) is 0 Å². The van der Waals surface area contributed by atoms with Crippen molar-refractivity contribution in [1.29, 1.82) is 0 Å². The third kappa shape index (κ3) is 1.40. The van der Waals surface area contributed by atoms with E-state index in [4.69, 9.17) is 10.5 Å². The molecule has 0 spiro atoms. The molecule has 2 nitrogen and oxygen atoms in total. The normalized spacial score (nSPS) is 24.8. The Hall–Kier alpha value is -1.02. The fourth-order valence-corrected chi connectivity index (χ4v) is 2.26. The minimum absolute atomic E-state index is 0.233. The highest BCUT2D eigenvalue weighted by atomic mass is 16.5. The Balaban J connectivity index is 2.39. The summed E-state index contributed by atoms with van der Waals surface area (Å²) in [6.45, 7) is 2.98. The highest BCUT2D eigenvalue weighted by Crippen LogP contribution is 2.40. The number of fused-ring (bicyclic) bond motifs is 1. The molecule has 2 rings (SSSR count). The summed E-state index contributed by atoms with van der Waals surface area (Å²) in [7, 11) is 1.73. The molecule has 0 amide bonds. The van der Waals surface area contributed by atoms with Gasteiger partial charge in [-0.2, -0.15) is 0 Å². The minimum atomic E-state index is 0.233. The topological polar surface area (TPSA) is 35.2 Å². The number of nitrogens with two attached hydrogens (primary N) is 1. The van der Waals surface area contributed by atoms with Crippen molar-refractivity contribution in [3.05, 3.63) is 29.3 Å². The highest BCUT2D eigenvalue weighted by Gasteiger charge is 2.33. The zero-order chi connectivity index (χ0) is 10.2. The van der Waals surface area contributed by atoms with Crippen molar-refractivity contribution in [3.8, 4) is 5.75 Å². The molecule has 0 bridgehead atoms. The molecular weight excluding hydrogens is 174 g/mol. The molecule has 0 fully saturated rings. The maximum Gasteiger partial charge on any atom is 0.122 e. The van der Waals surface area contributed by atoms with Crippen molar-refractivity contribution >= 4 is 0 Å². The second-order valence-electron chi connectivity index (χ2n) is 4.47. The SMILES string of the molecule is COc1cccc2c1CC(C)(CN)C2. The van der Waals surface area contributed by atoms with E-state index in [0.29, 0.717) is 0 Å². The van der Waals surface area contributed by atoms with E-state index in [1.165, 1.54) is 11.1 Å². The Labute approximate surface area is 85.1 Å². The van der Waals surface area contributed by atoms with Gasteiger partial charge in [0.1, 0.15) is 5.75 Å². The van der Waals surface area contributed by atoms with Gasteiger partial charge in [0.15, 0.2) is 0 Å². The average Bonchev–Trinajstić information content (AvgIpc) is 2.54. The van der Waals surface area contributed by atoms with Crippen LogP contribution < -0.4 is 10.5 Å². The first kappa shape index (κ1) is 9.53. The zero-order valence-corrected chi connectivity index (χ0v) is 8.84. The lowest BCUT2D eigenvalue weighted by atomic mass is 9.87. The summed E-state index contributed by atoms with van der Waals surface area (Å²) in [6, 6.07) is 6.26. The second kappa shape index (κ2) is 3.28. The summed E-state index contributed by atoms with van der Waals surface area (Å²) < 4.78 is 5.35. The summed E-state index contributed by atoms with van der Waals surface area (Å²) in [5.41, 5.74) is 8.78. The van der Waals surface area contributed by atoms with E-state index >= 15 is 0 Å². The number of hydrogen-bond acceptors (Lipinski definition) is 2. The Bertz CT molecular complexity index is 348. The van der Waals surface area contributed by atoms with Crippen LogP contribution in [0.25, 0.3) is 0 Å². The van der Waals surface area contributed by atoms with Gasteiger partial charge in [-0.05, 0) is 42.0 Å². The lowest BCUT2D eigenvalue weighted by Crippen LogP contribution is -2.27. The van der Waals surface area contributed by atoms with E-state index in [0.717, 1.165) is 25.1 Å². The minimum Gasteiger partial charge on any atom is -0.496 e. The van der Waals surface area contributed by atoms with Crippen molar-refractivity contribution in [2.24, 2.45) is 11.1 Å². The van der Waals surface area contributed by atoms with E-state index in [1.807, 2.05) is 6.07 Å². The molecule has 1 aromatic carbocycles. The van der Waals surface area contributed by atoms with Crippen molar-refractivity contribution in [2.75, 3.05) is 13.7 Å². The number of benzene rings is 1. The molecule has 14 heavy (non-hydrogen) atoms. The zero-order valence-electron chi connectivity index (χ0n) is 8.84. The third-order valence-electron chi connectivity index (χ3n) is 3.16. The molecule has 0 saturated carbocycles. The van der Waals surface area contributed by atoms with Gasteiger partial charge in [-0.3, -0.25) is 0 Å². The molecular formula is C12H17NO. The van der Waals surface area contributed by atoms with E-state index in [2.05, 4.69) is 19.1 Å². The van der Waals surface area contributed by atoms with Crippen LogP contribution in [0.1, 0.15) is 18.1 Å². The monoisotopic (exact) mass is 191 g/mol. The van der Waals surface area contributed by atoms with Gasteiger partial charge in [0, 0.05) is 0 Å². The fourth-order valence-electron chi connectivity index (χ4n) is 2.26. The summed E-state index contributed by atoms with van der Waals surface area (Å²) in [5.74, 6) is 1.01. The molecule has 1 aliphatic carbocycles. The van der Waals surface area contributed by atoms with Crippen molar-refractivity contribution in [3.63, 3.8) is 0 Å². The van der Waals surface area contributed by atoms with Crippen LogP contribution in [0.4, 0.5) is 0 Å². The molecule has 0 aromatic heterocycles. The molecule has 1 aliphatic rings. The highest BCUT2D eigenvalue weighted by molar-refractivity contribution is 5.44. The maximum absolute atomic E-state index is 5.80. The van der Waals surface area contributed by atoms with Crippen LogP contribution >= 0.6 is 0 Å². The largest absolute Gasteiger partial charge is 0.496 e. The van der Waals surface area contributed by atoms with Crippen molar-refractivity contribution in [2.45, 2.75) is 19.8 Å². The number of methoxy groups -OCH3 is 1. The summed E-state index contributed by atoms with van der Waals surface area (Å²) in [6.07, 6.45) is 2.12. The summed E-state index contributed by atoms with van der Waals surface area (Å²) in [5, 5.41) is 0. The van der Waals surface area contributed by atoms with Gasteiger partial charge >= 0.3 is 0 Å². The number of ether oxygens (including phenoxy) is 1. The first-order valence-corrected chi connectivity index (χ1v) is 5.03. The Morgan fingerprint density at radius 2 is 2.21 bits per heavy atom. The van der Waals surface area contributed by atoms with E-state index < -0.39 is 0 Å². The van der Waals surface area contributed by atoms with Gasteiger partial charge in [0.25, 0.3) is 0 Å². The smallest absolute Gasteiger partial charge is 0.122 e. The third-order valence-corrected chi connectivity index (χ3v) is 3.16. The summed E-state index contributed by atoms with van der Waals surface area (Å²) in [4.78, 5) is 0. The first-order chi connectivity index (χ1) is 6.68. The Morgan fingerprint density at radius 3 is 2.86 bits per heavy atom. The van der Waals surface area contributed by atoms with E-state index in [-0.39, 0.29) is 5.41 Å². The lowest BCUT2D eigenvalue weighted by Gasteiger charge is -2.20. The van der Waals surface area contributed by atoms with E-state index in [9.17, 15) is 0 Å². The van der Waals surface area contributed by atoms with Gasteiger partial charge in [0.05, 0.1) is 7.11 Å². The molecule has 1 aromatic rings. The molecule has 2 heteroatoms. The van der Waals surface area contributed by atoms with Crippen molar-refractivity contribution in [1.82, 2.24) is 0 Å². The number of hydrogen-bond donors (Lipinski definition) is 1. The Morgan fingerprint density at radius 1 is 1.43 bits per heavy atom. The van der Waals surface area contributed by atoms with Gasteiger partial charge < -0.3 is 10.5 Å². The molecule has 2 N–H and O–H groups in total. The molecule has 1 atom stereocenters. The van der Waals surface area contributed by atoms with Gasteiger partial charge in [0.2, 0.25) is 0 Å². The van der Waals surface area contributed by atoms with Crippen LogP contribution in [0, 0.1) is 5.41 Å². The summed E-state index contributed by atoms with van der Waals surface area (Å²) >= 11 is 0. The van der Waals surface area contributed by atoms with Crippen LogP contribution in [0.15, 0.2) is 18.2 Å². The Kier molecular flexibility index (Phi) is 2.23.